The third kappa shape index (κ3) is 6.00. The van der Waals surface area contributed by atoms with Crippen LogP contribution in [0.3, 0.4) is 0 Å². The number of benzene rings is 5. The molecule has 0 aromatic heterocycles. The summed E-state index contributed by atoms with van der Waals surface area (Å²) in [5.74, 6) is -1.60. The lowest BCUT2D eigenvalue weighted by Gasteiger charge is -2.17. The largest absolute Gasteiger partial charge is 0.480 e. The smallest absolute Gasteiger partial charge is 0.339 e. The molecule has 0 unspecified atom stereocenters. The van der Waals surface area contributed by atoms with Gasteiger partial charge in [-0.05, 0) is 52.7 Å². The number of anilines is 1. The number of carboxylic acids is 1. The van der Waals surface area contributed by atoms with Crippen LogP contribution in [0.2, 0.25) is 0 Å². The van der Waals surface area contributed by atoms with Gasteiger partial charge < -0.3 is 19.5 Å². The molecule has 0 heterocycles. The minimum atomic E-state index is -4.16. The molecule has 0 aliphatic carbocycles. The molecule has 0 aliphatic rings. The molecule has 1 amide bonds. The van der Waals surface area contributed by atoms with Gasteiger partial charge in [-0.1, -0.05) is 66.7 Å². The van der Waals surface area contributed by atoms with Gasteiger partial charge in [-0.3, -0.25) is 4.79 Å². The molecule has 0 fully saturated rings. The fourth-order valence-corrected chi connectivity index (χ4v) is 5.88. The predicted octanol–water partition coefficient (Wildman–Crippen LogP) is 5.25. The molecule has 1 atom stereocenters. The molecular weight excluding hydrogens is 540 g/mol. The van der Waals surface area contributed by atoms with Gasteiger partial charge in [-0.15, -0.1) is 0 Å². The van der Waals surface area contributed by atoms with Gasteiger partial charge in [0.05, 0.1) is 0 Å². The van der Waals surface area contributed by atoms with Crippen molar-refractivity contribution in [3.05, 3.63) is 114 Å². The third-order valence-corrected chi connectivity index (χ3v) is 8.10. The summed E-state index contributed by atoms with van der Waals surface area (Å²) in [5.41, 5.74) is 1.82. The van der Waals surface area contributed by atoms with Crippen LogP contribution in [-0.4, -0.2) is 45.5 Å². The molecule has 0 radical (unpaired) electrons. The number of aliphatic carboxylic acids is 1. The molecule has 2 N–H and O–H groups in total. The minimum absolute atomic E-state index is 0.00167. The zero-order valence-corrected chi connectivity index (χ0v) is 23.3. The lowest BCUT2D eigenvalue weighted by atomic mass is 10.0. The summed E-state index contributed by atoms with van der Waals surface area (Å²) in [6, 6.07) is 28.1. The Bertz CT molecular complexity index is 1870. The molecule has 41 heavy (non-hydrogen) atoms. The Labute approximate surface area is 237 Å². The fraction of sp³-hybridized carbons (Fsp3) is 0.125. The number of nitrogens with zero attached hydrogens (tertiary/aromatic N) is 1. The van der Waals surface area contributed by atoms with Crippen molar-refractivity contribution in [2.24, 2.45) is 0 Å². The van der Waals surface area contributed by atoms with E-state index in [1.54, 1.807) is 42.5 Å². The third-order valence-electron chi connectivity index (χ3n) is 6.79. The average Bonchev–Trinajstić information content (AvgIpc) is 2.96. The molecular formula is C32H28N2O6S. The maximum absolute atomic E-state index is 13.2. The van der Waals surface area contributed by atoms with Crippen molar-refractivity contribution in [2.45, 2.75) is 17.4 Å². The van der Waals surface area contributed by atoms with Crippen molar-refractivity contribution in [1.29, 1.82) is 0 Å². The molecule has 8 nitrogen and oxygen atoms in total. The standard InChI is InChI=1S/C32H28N2O6S/c1-34(2)29-11-5-10-27-26(29)9-6-12-30(27)41(38,39)40-25-17-13-21(14-18-25)19-28(32(36)37)33-31(35)24-16-15-22-7-3-4-8-23(22)20-24/h3-18,20,28H,19H2,1-2H3,(H,33,35)(H,36,37)/t28-/m0/s1. The topological polar surface area (TPSA) is 113 Å². The van der Waals surface area contributed by atoms with Gasteiger partial charge in [0.15, 0.2) is 0 Å². The van der Waals surface area contributed by atoms with Gasteiger partial charge >= 0.3 is 16.1 Å². The van der Waals surface area contributed by atoms with E-state index in [-0.39, 0.29) is 17.1 Å². The second-order valence-electron chi connectivity index (χ2n) is 9.83. The Morgan fingerprint density at radius 1 is 0.829 bits per heavy atom. The summed E-state index contributed by atoms with van der Waals surface area (Å²) in [7, 11) is -0.390. The van der Waals surface area contributed by atoms with E-state index in [9.17, 15) is 23.1 Å². The summed E-state index contributed by atoms with van der Waals surface area (Å²) >= 11 is 0. The number of rotatable bonds is 9. The van der Waals surface area contributed by atoms with Crippen molar-refractivity contribution in [3.63, 3.8) is 0 Å². The molecule has 0 bridgehead atoms. The van der Waals surface area contributed by atoms with Crippen LogP contribution >= 0.6 is 0 Å². The number of amides is 1. The maximum Gasteiger partial charge on any atom is 0.339 e. The molecule has 0 saturated heterocycles. The molecule has 5 rings (SSSR count). The highest BCUT2D eigenvalue weighted by Crippen LogP contribution is 2.31. The fourth-order valence-electron chi connectivity index (χ4n) is 4.73. The van der Waals surface area contributed by atoms with Gasteiger partial charge in [-0.2, -0.15) is 8.42 Å². The van der Waals surface area contributed by atoms with Crippen molar-refractivity contribution < 1.29 is 27.3 Å². The normalized spacial score (nSPS) is 12.1. The van der Waals surface area contributed by atoms with Crippen LogP contribution in [0.1, 0.15) is 15.9 Å². The van der Waals surface area contributed by atoms with Crippen LogP contribution in [0.25, 0.3) is 21.5 Å². The van der Waals surface area contributed by atoms with E-state index in [2.05, 4.69) is 5.32 Å². The van der Waals surface area contributed by atoms with Crippen molar-refractivity contribution in [1.82, 2.24) is 5.32 Å². The first kappa shape index (κ1) is 27.7. The summed E-state index contributed by atoms with van der Waals surface area (Å²) in [4.78, 5) is 26.7. The number of nitrogens with one attached hydrogen (secondary N) is 1. The number of carbonyl (C=O) groups is 2. The van der Waals surface area contributed by atoms with Crippen LogP contribution in [0.15, 0.2) is 108 Å². The van der Waals surface area contributed by atoms with Gasteiger partial charge in [0.25, 0.3) is 5.91 Å². The van der Waals surface area contributed by atoms with E-state index in [1.165, 1.54) is 18.2 Å². The first-order chi connectivity index (χ1) is 19.6. The van der Waals surface area contributed by atoms with Crippen LogP contribution in [0, 0.1) is 0 Å². The number of fused-ring (bicyclic) bond motifs is 2. The molecule has 5 aromatic carbocycles. The summed E-state index contributed by atoms with van der Waals surface area (Å²) in [5, 5.41) is 15.5. The van der Waals surface area contributed by atoms with Crippen LogP contribution in [0.5, 0.6) is 5.75 Å². The van der Waals surface area contributed by atoms with Crippen LogP contribution in [-0.2, 0) is 21.3 Å². The predicted molar refractivity (Wildman–Crippen MR) is 159 cm³/mol. The summed E-state index contributed by atoms with van der Waals surface area (Å²) in [6.45, 7) is 0. The molecule has 5 aromatic rings. The average molecular weight is 569 g/mol. The van der Waals surface area contributed by atoms with Gasteiger partial charge in [0.1, 0.15) is 16.7 Å². The lowest BCUT2D eigenvalue weighted by molar-refractivity contribution is -0.139. The van der Waals surface area contributed by atoms with Crippen molar-refractivity contribution >= 4 is 49.2 Å². The van der Waals surface area contributed by atoms with E-state index in [1.807, 2.05) is 61.5 Å². The molecule has 0 aliphatic heterocycles. The van der Waals surface area contributed by atoms with Gasteiger partial charge in [0.2, 0.25) is 0 Å². The van der Waals surface area contributed by atoms with Crippen molar-refractivity contribution in [2.75, 3.05) is 19.0 Å². The minimum Gasteiger partial charge on any atom is -0.480 e. The maximum atomic E-state index is 13.2. The van der Waals surface area contributed by atoms with E-state index in [4.69, 9.17) is 4.18 Å². The SMILES string of the molecule is CN(C)c1cccc2c(S(=O)(=O)Oc3ccc(C[C@H](NC(=O)c4ccc5ccccc5c4)C(=O)O)cc3)cccc12. The quantitative estimate of drug-likeness (QED) is 0.234. The molecule has 0 saturated carbocycles. The van der Waals surface area contributed by atoms with Gasteiger partial charge in [-0.25, -0.2) is 4.79 Å². The van der Waals surface area contributed by atoms with E-state index in [0.717, 1.165) is 21.8 Å². The van der Waals surface area contributed by atoms with E-state index < -0.39 is 28.0 Å². The molecule has 208 valence electrons. The Morgan fingerprint density at radius 3 is 2.22 bits per heavy atom. The summed E-state index contributed by atoms with van der Waals surface area (Å²) in [6.07, 6.45) is -0.00167. The van der Waals surface area contributed by atoms with Crippen molar-refractivity contribution in [3.8, 4) is 5.75 Å². The first-order valence-corrected chi connectivity index (χ1v) is 14.3. The second kappa shape index (κ2) is 11.3. The Morgan fingerprint density at radius 2 is 1.51 bits per heavy atom. The Hall–Kier alpha value is -4.89. The van der Waals surface area contributed by atoms with Crippen LogP contribution < -0.4 is 14.4 Å². The molecule has 9 heteroatoms. The Kier molecular flexibility index (Phi) is 7.63. The monoisotopic (exact) mass is 568 g/mol. The van der Waals surface area contributed by atoms with Crippen LogP contribution in [0.4, 0.5) is 5.69 Å². The number of carboxylic acid groups (broad SMARTS) is 1. The zero-order chi connectivity index (χ0) is 29.1. The van der Waals surface area contributed by atoms with Gasteiger partial charge in [0, 0.05) is 42.5 Å². The second-order valence-corrected chi connectivity index (χ2v) is 11.3. The Balaban J connectivity index is 1.31. The lowest BCUT2D eigenvalue weighted by Crippen LogP contribution is -2.42. The van der Waals surface area contributed by atoms with E-state index in [0.29, 0.717) is 16.5 Å². The molecule has 0 spiro atoms. The number of hydrogen-bond acceptors (Lipinski definition) is 6. The zero-order valence-electron chi connectivity index (χ0n) is 22.4. The highest BCUT2D eigenvalue weighted by Gasteiger charge is 2.23. The number of hydrogen-bond donors (Lipinski definition) is 2. The highest BCUT2D eigenvalue weighted by molar-refractivity contribution is 7.87. The number of carbonyl (C=O) groups excluding carboxylic acids is 1. The highest BCUT2D eigenvalue weighted by atomic mass is 32.2. The summed E-state index contributed by atoms with van der Waals surface area (Å²) < 4.78 is 31.9. The first-order valence-electron chi connectivity index (χ1n) is 12.9. The van der Waals surface area contributed by atoms with E-state index >= 15 is 0 Å².